The van der Waals surface area contributed by atoms with Crippen molar-refractivity contribution in [2.24, 2.45) is 5.84 Å². The quantitative estimate of drug-likeness (QED) is 0.511. The molecule has 0 bridgehead atoms. The third-order valence-electron chi connectivity index (χ3n) is 2.59. The normalized spacial score (nSPS) is 12.7. The molecule has 1 atom stereocenters. The molecule has 3 N–H and O–H groups in total. The van der Waals surface area contributed by atoms with Crippen LogP contribution in [0.3, 0.4) is 0 Å². The largest absolute Gasteiger partial charge is 0.464 e. The Labute approximate surface area is 117 Å². The van der Waals surface area contributed by atoms with Gasteiger partial charge in [0.1, 0.15) is 23.4 Å². The third kappa shape index (κ3) is 2.44. The second kappa shape index (κ2) is 5.40. The molecule has 0 aliphatic carbocycles. The predicted octanol–water partition coefficient (Wildman–Crippen LogP) is 3.70. The molecular formula is C12H11BrClFN2O. The summed E-state index contributed by atoms with van der Waals surface area (Å²) in [4.78, 5) is 0. The first-order valence-corrected chi connectivity index (χ1v) is 6.37. The van der Waals surface area contributed by atoms with Crippen molar-refractivity contribution in [3.8, 4) is 0 Å². The fraction of sp³-hybridized carbons (Fsp3) is 0.167. The maximum Gasteiger partial charge on any atom is 0.148 e. The van der Waals surface area contributed by atoms with Crippen molar-refractivity contribution in [1.82, 2.24) is 5.43 Å². The number of nitrogens with two attached hydrogens (primary N) is 1. The van der Waals surface area contributed by atoms with Crippen molar-refractivity contribution in [1.29, 1.82) is 0 Å². The van der Waals surface area contributed by atoms with Crippen LogP contribution in [0.2, 0.25) is 5.02 Å². The minimum absolute atomic E-state index is 0.0241. The van der Waals surface area contributed by atoms with Gasteiger partial charge in [0, 0.05) is 10.0 Å². The minimum Gasteiger partial charge on any atom is -0.464 e. The lowest BCUT2D eigenvalue weighted by Gasteiger charge is -2.15. The Morgan fingerprint density at radius 1 is 1.39 bits per heavy atom. The van der Waals surface area contributed by atoms with Gasteiger partial charge in [-0.05, 0) is 41.1 Å². The van der Waals surface area contributed by atoms with E-state index in [2.05, 4.69) is 21.4 Å². The van der Waals surface area contributed by atoms with Crippen LogP contribution in [0.25, 0.3) is 0 Å². The van der Waals surface area contributed by atoms with E-state index in [4.69, 9.17) is 21.9 Å². The maximum absolute atomic E-state index is 14.1. The van der Waals surface area contributed by atoms with E-state index in [1.54, 1.807) is 24.3 Å². The van der Waals surface area contributed by atoms with Crippen molar-refractivity contribution >= 4 is 27.5 Å². The highest BCUT2D eigenvalue weighted by atomic mass is 79.9. The molecule has 0 fully saturated rings. The minimum atomic E-state index is -0.579. The van der Waals surface area contributed by atoms with Crippen molar-refractivity contribution in [2.45, 2.75) is 13.0 Å². The maximum atomic E-state index is 14.1. The Bertz CT molecular complexity index is 573. The topological polar surface area (TPSA) is 51.2 Å². The molecule has 1 unspecified atom stereocenters. The van der Waals surface area contributed by atoms with E-state index >= 15 is 0 Å². The van der Waals surface area contributed by atoms with Gasteiger partial charge in [0.25, 0.3) is 0 Å². The third-order valence-corrected chi connectivity index (χ3v) is 3.85. The van der Waals surface area contributed by atoms with E-state index < -0.39 is 11.9 Å². The average molecular weight is 334 g/mol. The molecule has 0 amide bonds. The van der Waals surface area contributed by atoms with E-state index in [9.17, 15) is 4.39 Å². The molecule has 6 heteroatoms. The van der Waals surface area contributed by atoms with Crippen LogP contribution in [0.5, 0.6) is 0 Å². The first-order valence-electron chi connectivity index (χ1n) is 5.20. The molecule has 0 saturated carbocycles. The lowest BCUT2D eigenvalue weighted by molar-refractivity contribution is 0.426. The molecule has 2 aromatic rings. The summed E-state index contributed by atoms with van der Waals surface area (Å²) in [5.74, 6) is 6.21. The number of hydrazine groups is 1. The van der Waals surface area contributed by atoms with Gasteiger partial charge in [-0.3, -0.25) is 5.84 Å². The molecule has 1 aromatic carbocycles. The lowest BCUT2D eigenvalue weighted by Crippen LogP contribution is -2.29. The summed E-state index contributed by atoms with van der Waals surface area (Å²) in [6.07, 6.45) is 0. The average Bonchev–Trinajstić information content (AvgIpc) is 2.77. The first-order chi connectivity index (χ1) is 8.54. The predicted molar refractivity (Wildman–Crippen MR) is 71.7 cm³/mol. The van der Waals surface area contributed by atoms with Gasteiger partial charge in [-0.15, -0.1) is 0 Å². The van der Waals surface area contributed by atoms with Crippen LogP contribution in [-0.4, -0.2) is 0 Å². The van der Waals surface area contributed by atoms with Crippen molar-refractivity contribution in [3.63, 3.8) is 0 Å². The highest BCUT2D eigenvalue weighted by Crippen LogP contribution is 2.33. The van der Waals surface area contributed by atoms with E-state index in [0.29, 0.717) is 15.8 Å². The van der Waals surface area contributed by atoms with Gasteiger partial charge in [-0.1, -0.05) is 17.7 Å². The van der Waals surface area contributed by atoms with Gasteiger partial charge in [-0.25, -0.2) is 9.82 Å². The van der Waals surface area contributed by atoms with E-state index in [-0.39, 0.29) is 5.02 Å². The molecule has 0 spiro atoms. The molecule has 0 saturated heterocycles. The Morgan fingerprint density at radius 2 is 2.11 bits per heavy atom. The zero-order valence-electron chi connectivity index (χ0n) is 9.51. The fourth-order valence-corrected chi connectivity index (χ4v) is 2.18. The Balaban J connectivity index is 2.49. The zero-order valence-corrected chi connectivity index (χ0v) is 11.8. The Kier molecular flexibility index (Phi) is 4.07. The smallest absolute Gasteiger partial charge is 0.148 e. The van der Waals surface area contributed by atoms with Crippen LogP contribution in [0, 0.1) is 12.7 Å². The lowest BCUT2D eigenvalue weighted by atomic mass is 10.0. The molecule has 1 heterocycles. The van der Waals surface area contributed by atoms with Crippen LogP contribution in [0.15, 0.2) is 33.2 Å². The molecule has 18 heavy (non-hydrogen) atoms. The SMILES string of the molecule is Cc1ccc(C(NN)c2ccc(Br)c(Cl)c2F)o1. The van der Waals surface area contributed by atoms with Crippen molar-refractivity contribution in [3.05, 3.63) is 56.7 Å². The number of rotatable bonds is 3. The van der Waals surface area contributed by atoms with Crippen LogP contribution in [0.4, 0.5) is 4.39 Å². The van der Waals surface area contributed by atoms with Gasteiger partial charge < -0.3 is 4.42 Å². The highest BCUT2D eigenvalue weighted by Gasteiger charge is 2.22. The highest BCUT2D eigenvalue weighted by molar-refractivity contribution is 9.10. The molecule has 2 rings (SSSR count). The number of hydrogen-bond donors (Lipinski definition) is 2. The number of benzene rings is 1. The molecule has 0 aliphatic heterocycles. The second-order valence-corrected chi connectivity index (χ2v) is 5.04. The van der Waals surface area contributed by atoms with Crippen LogP contribution < -0.4 is 11.3 Å². The number of halogens is 3. The summed E-state index contributed by atoms with van der Waals surface area (Å²) in [5, 5.41) is 0.0241. The monoisotopic (exact) mass is 332 g/mol. The first kappa shape index (κ1) is 13.5. The van der Waals surface area contributed by atoms with Gasteiger partial charge >= 0.3 is 0 Å². The molecule has 3 nitrogen and oxygen atoms in total. The van der Waals surface area contributed by atoms with Crippen LogP contribution in [-0.2, 0) is 0 Å². The number of furan rings is 1. The van der Waals surface area contributed by atoms with Crippen molar-refractivity contribution < 1.29 is 8.81 Å². The van der Waals surface area contributed by atoms with Gasteiger partial charge in [-0.2, -0.15) is 0 Å². The van der Waals surface area contributed by atoms with Gasteiger partial charge in [0.05, 0.1) is 5.02 Å². The Morgan fingerprint density at radius 3 is 2.67 bits per heavy atom. The molecule has 0 aliphatic rings. The summed E-state index contributed by atoms with van der Waals surface area (Å²) in [6, 6.07) is 6.23. The molecule has 0 radical (unpaired) electrons. The van der Waals surface area contributed by atoms with Crippen molar-refractivity contribution in [2.75, 3.05) is 0 Å². The second-order valence-electron chi connectivity index (χ2n) is 3.81. The van der Waals surface area contributed by atoms with Crippen LogP contribution in [0.1, 0.15) is 23.1 Å². The molecular weight excluding hydrogens is 322 g/mol. The summed E-state index contributed by atoms with van der Waals surface area (Å²) in [7, 11) is 0. The molecule has 96 valence electrons. The summed E-state index contributed by atoms with van der Waals surface area (Å²) >= 11 is 9.02. The summed E-state index contributed by atoms with van der Waals surface area (Å²) in [6.45, 7) is 1.81. The fourth-order valence-electron chi connectivity index (χ4n) is 1.70. The summed E-state index contributed by atoms with van der Waals surface area (Å²) < 4.78 is 20.0. The van der Waals surface area contributed by atoms with Crippen LogP contribution >= 0.6 is 27.5 Å². The Hall–Kier alpha value is -0.880. The van der Waals surface area contributed by atoms with Gasteiger partial charge in [0.15, 0.2) is 0 Å². The van der Waals surface area contributed by atoms with E-state index in [1.807, 2.05) is 6.92 Å². The zero-order chi connectivity index (χ0) is 13.3. The number of hydrogen-bond acceptors (Lipinski definition) is 3. The van der Waals surface area contributed by atoms with E-state index in [0.717, 1.165) is 5.76 Å². The number of nitrogens with one attached hydrogen (secondary N) is 1. The number of aryl methyl sites for hydroxylation is 1. The van der Waals surface area contributed by atoms with Gasteiger partial charge in [0.2, 0.25) is 0 Å². The standard InChI is InChI=1S/C12H11BrClFN2O/c1-6-2-5-9(18-6)12(17-16)7-3-4-8(13)10(14)11(7)15/h2-5,12,17H,16H2,1H3. The molecule has 1 aromatic heterocycles. The summed E-state index contributed by atoms with van der Waals surface area (Å²) in [5.41, 5.74) is 2.86. The van der Waals surface area contributed by atoms with E-state index in [1.165, 1.54) is 0 Å².